The van der Waals surface area contributed by atoms with Gasteiger partial charge < -0.3 is 14.8 Å². The third kappa shape index (κ3) is 7.69. The lowest BCUT2D eigenvalue weighted by atomic mass is 9.94. The number of fused-ring (bicyclic) bond motifs is 2. The molecule has 0 fully saturated rings. The number of nitrogens with one attached hydrogen (secondary N) is 1. The van der Waals surface area contributed by atoms with Crippen LogP contribution in [0.4, 0.5) is 30.7 Å². The highest BCUT2D eigenvalue weighted by molar-refractivity contribution is 6.01. The first-order valence-electron chi connectivity index (χ1n) is 17.9. The molecular formula is C38H35F7N10O3. The third-order valence-electron chi connectivity index (χ3n) is 9.93. The van der Waals surface area contributed by atoms with Gasteiger partial charge in [-0.2, -0.15) is 37.2 Å². The lowest BCUT2D eigenvalue weighted by Crippen LogP contribution is -2.56. The Hall–Kier alpha value is -6.34. The first kappa shape index (κ1) is 39.9. The molecule has 13 nitrogen and oxygen atoms in total. The summed E-state index contributed by atoms with van der Waals surface area (Å²) in [7, 11) is 3.04. The van der Waals surface area contributed by atoms with Crippen molar-refractivity contribution in [3.05, 3.63) is 106 Å². The molecule has 0 spiro atoms. The van der Waals surface area contributed by atoms with Gasteiger partial charge in [-0.25, -0.2) is 18.4 Å². The van der Waals surface area contributed by atoms with Crippen LogP contribution in [0.2, 0.25) is 0 Å². The van der Waals surface area contributed by atoms with E-state index >= 15 is 8.78 Å². The molecule has 0 unspecified atom stereocenters. The van der Waals surface area contributed by atoms with Crippen LogP contribution in [0.1, 0.15) is 54.0 Å². The van der Waals surface area contributed by atoms with Gasteiger partial charge in [0.1, 0.15) is 23.1 Å². The predicted molar refractivity (Wildman–Crippen MR) is 194 cm³/mol. The maximum atomic E-state index is 15.9. The fourth-order valence-electron chi connectivity index (χ4n) is 7.18. The summed E-state index contributed by atoms with van der Waals surface area (Å²) >= 11 is 0. The van der Waals surface area contributed by atoms with E-state index in [0.717, 1.165) is 34.1 Å². The number of alkyl halides is 5. The largest absolute Gasteiger partial charge is 0.435 e. The van der Waals surface area contributed by atoms with Crippen molar-refractivity contribution in [2.75, 3.05) is 6.54 Å². The number of carbonyl (C=O) groups is 2. The van der Waals surface area contributed by atoms with Crippen molar-refractivity contribution in [2.45, 2.75) is 64.0 Å². The molecule has 6 aromatic rings. The molecule has 0 aliphatic carbocycles. The van der Waals surface area contributed by atoms with Crippen LogP contribution in [-0.2, 0) is 44.5 Å². The van der Waals surface area contributed by atoms with Gasteiger partial charge in [0.2, 0.25) is 11.5 Å². The van der Waals surface area contributed by atoms with Crippen LogP contribution < -0.4 is 10.9 Å². The maximum Gasteiger partial charge on any atom is 0.435 e. The van der Waals surface area contributed by atoms with E-state index in [4.69, 9.17) is 0 Å². The number of pyridine rings is 2. The summed E-state index contributed by atoms with van der Waals surface area (Å²) < 4.78 is 104. The molecule has 2 amide bonds. The smallest absolute Gasteiger partial charge is 0.348 e. The van der Waals surface area contributed by atoms with Gasteiger partial charge in [-0.15, -0.1) is 0 Å². The zero-order chi connectivity index (χ0) is 41.8. The summed E-state index contributed by atoms with van der Waals surface area (Å²) in [5.74, 6) is -3.47. The Kier molecular flexibility index (Phi) is 10.2. The number of halogens is 7. The topological polar surface area (TPSA) is 138 Å². The predicted octanol–water partition coefficient (Wildman–Crippen LogP) is 5.68. The Labute approximate surface area is 324 Å². The molecule has 0 radical (unpaired) electrons. The summed E-state index contributed by atoms with van der Waals surface area (Å²) in [6.07, 6.45) is -0.121. The van der Waals surface area contributed by atoms with Gasteiger partial charge in [-0.3, -0.25) is 23.7 Å². The lowest BCUT2D eigenvalue weighted by molar-refractivity contribution is -0.141. The number of benzene rings is 1. The van der Waals surface area contributed by atoms with Gasteiger partial charge in [-0.05, 0) is 62.1 Å². The zero-order valence-electron chi connectivity index (χ0n) is 31.4. The Morgan fingerprint density at radius 1 is 0.966 bits per heavy atom. The molecule has 5 aromatic heterocycles. The van der Waals surface area contributed by atoms with Gasteiger partial charge in [-0.1, -0.05) is 0 Å². The molecule has 0 bridgehead atoms. The summed E-state index contributed by atoms with van der Waals surface area (Å²) in [5.41, 5.74) is -2.19. The molecule has 20 heteroatoms. The van der Waals surface area contributed by atoms with Crippen LogP contribution in [0.15, 0.2) is 66.0 Å². The first-order chi connectivity index (χ1) is 27.3. The van der Waals surface area contributed by atoms with Gasteiger partial charge in [0.25, 0.3) is 5.91 Å². The van der Waals surface area contributed by atoms with E-state index in [0.29, 0.717) is 15.7 Å². The van der Waals surface area contributed by atoms with Gasteiger partial charge >= 0.3 is 12.7 Å². The Bertz CT molecular complexity index is 2620. The van der Waals surface area contributed by atoms with E-state index in [1.54, 1.807) is 7.05 Å². The van der Waals surface area contributed by atoms with Gasteiger partial charge in [0.15, 0.2) is 11.5 Å². The van der Waals surface area contributed by atoms with Crippen molar-refractivity contribution in [3.63, 3.8) is 0 Å². The van der Waals surface area contributed by atoms with Crippen molar-refractivity contribution in [1.82, 2.24) is 49.1 Å². The fourth-order valence-corrected chi connectivity index (χ4v) is 7.18. The minimum Gasteiger partial charge on any atom is -0.348 e. The first-order valence-corrected chi connectivity index (χ1v) is 17.9. The Morgan fingerprint density at radius 3 is 2.41 bits per heavy atom. The van der Waals surface area contributed by atoms with E-state index in [9.17, 15) is 36.3 Å². The van der Waals surface area contributed by atoms with Crippen molar-refractivity contribution in [2.24, 2.45) is 14.1 Å². The van der Waals surface area contributed by atoms with Crippen LogP contribution >= 0.6 is 0 Å². The molecule has 58 heavy (non-hydrogen) atoms. The minimum atomic E-state index is -4.84. The van der Waals surface area contributed by atoms with Crippen molar-refractivity contribution in [3.8, 4) is 22.5 Å². The quantitative estimate of drug-likeness (QED) is 0.176. The number of nitrogens with zero attached hydrogens (tertiary/aromatic N) is 9. The summed E-state index contributed by atoms with van der Waals surface area (Å²) in [6, 6.07) is 5.40. The second kappa shape index (κ2) is 14.9. The number of amides is 2. The van der Waals surface area contributed by atoms with Gasteiger partial charge in [0, 0.05) is 62.7 Å². The molecule has 0 saturated carbocycles. The fraction of sp³-hybridized carbons (Fsp3) is 0.342. The molecule has 7 rings (SSSR count). The molecule has 6 heterocycles. The van der Waals surface area contributed by atoms with Crippen LogP contribution in [0.25, 0.3) is 33.5 Å². The average Bonchev–Trinajstić information content (AvgIpc) is 3.86. The van der Waals surface area contributed by atoms with Gasteiger partial charge in [0.05, 0.1) is 41.3 Å². The van der Waals surface area contributed by atoms with Crippen LogP contribution in [0, 0.1) is 11.6 Å². The second-order valence-electron chi connectivity index (χ2n) is 14.7. The second-order valence-corrected chi connectivity index (χ2v) is 14.7. The Morgan fingerprint density at radius 2 is 1.72 bits per heavy atom. The van der Waals surface area contributed by atoms with E-state index in [-0.39, 0.29) is 66.0 Å². The van der Waals surface area contributed by atoms with E-state index in [1.807, 2.05) is 0 Å². The molecule has 1 aromatic carbocycles. The number of carbonyl (C=O) groups excluding carboxylic acids is 2. The SMILES string of the molecule is Cn1cc(-c2cc(C(F)(F)F)nn2CC(C)(C)NC(=O)[C@@H](Cc2cnn(C(F)F)c2)N2CCCc3c(-c4nc5cnn(C)c5cc4F)ccc(F)c3C2=O)ccc1=O. The van der Waals surface area contributed by atoms with E-state index in [1.165, 1.54) is 66.8 Å². The van der Waals surface area contributed by atoms with E-state index in [2.05, 4.69) is 25.6 Å². The number of aromatic nitrogens is 8. The molecule has 304 valence electrons. The average molecular weight is 813 g/mol. The monoisotopic (exact) mass is 812 g/mol. The molecule has 1 atom stereocenters. The highest BCUT2D eigenvalue weighted by Crippen LogP contribution is 2.35. The van der Waals surface area contributed by atoms with Crippen LogP contribution in [0.3, 0.4) is 0 Å². The summed E-state index contributed by atoms with van der Waals surface area (Å²) in [6.45, 7) is -0.491. The van der Waals surface area contributed by atoms with E-state index < -0.39 is 64.6 Å². The van der Waals surface area contributed by atoms with Crippen molar-refractivity contribution < 1.29 is 40.3 Å². The molecular weight excluding hydrogens is 777 g/mol. The van der Waals surface area contributed by atoms with Crippen molar-refractivity contribution in [1.29, 1.82) is 0 Å². The molecule has 1 aliphatic heterocycles. The van der Waals surface area contributed by atoms with Crippen LogP contribution in [-0.4, -0.2) is 73.7 Å². The third-order valence-corrected chi connectivity index (χ3v) is 9.93. The van der Waals surface area contributed by atoms with Crippen molar-refractivity contribution >= 4 is 22.8 Å². The summed E-state index contributed by atoms with van der Waals surface area (Å²) in [5, 5.41) is 14.3. The molecule has 1 N–H and O–H groups in total. The number of hydrogen-bond acceptors (Lipinski definition) is 7. The highest BCUT2D eigenvalue weighted by atomic mass is 19.4. The summed E-state index contributed by atoms with van der Waals surface area (Å²) in [4.78, 5) is 46.5. The molecule has 0 saturated heterocycles. The van der Waals surface area contributed by atoms with Crippen LogP contribution in [0.5, 0.6) is 0 Å². The molecule has 1 aliphatic rings. The Balaban J connectivity index is 1.25. The zero-order valence-corrected chi connectivity index (χ0v) is 31.4. The minimum absolute atomic E-state index is 0.0135. The number of aryl methyl sites for hydroxylation is 2. The highest BCUT2D eigenvalue weighted by Gasteiger charge is 2.39. The lowest BCUT2D eigenvalue weighted by Gasteiger charge is -2.34. The standard InChI is InChI=1S/C38H35F7N10O3/c1-37(2,19-55-27(14-30(50-55)38(43,44)45)21-7-10-31(56)51(3)18-21)49-34(57)29(12-20-15-47-54(17-20)36(41)42)53-11-5-6-22-23(8-9-24(39)32(22)35(53)58)33-25(40)13-28-26(48-33)16-46-52(28)4/h7-10,13-18,29,36H,5-6,11-12,19H2,1-4H3,(H,49,57)/t29-/m1/s1. The normalized spacial score (nSPS) is 14.3. The maximum absolute atomic E-state index is 15.9. The number of hydrogen-bond donors (Lipinski definition) is 1. The number of rotatable bonds is 10.